The molecule has 1 aromatic carbocycles. The predicted molar refractivity (Wildman–Crippen MR) is 106 cm³/mol. The van der Waals surface area contributed by atoms with Crippen LogP contribution in [-0.2, 0) is 29.9 Å². The SMILES string of the molecule is O=c1nc(SCc2ccc(Cl)c(Cl)c2)c2c(n1C[C@H]1CCCO1)CCC2. The molecule has 0 bridgehead atoms. The molecule has 2 aromatic rings. The summed E-state index contributed by atoms with van der Waals surface area (Å²) in [5, 5.41) is 1.96. The summed E-state index contributed by atoms with van der Waals surface area (Å²) in [6, 6.07) is 5.63. The molecule has 7 heteroatoms. The average molecular weight is 411 g/mol. The van der Waals surface area contributed by atoms with E-state index in [4.69, 9.17) is 27.9 Å². The molecule has 1 atom stereocenters. The highest BCUT2D eigenvalue weighted by atomic mass is 35.5. The fourth-order valence-electron chi connectivity index (χ4n) is 3.67. The van der Waals surface area contributed by atoms with E-state index < -0.39 is 0 Å². The lowest BCUT2D eigenvalue weighted by Crippen LogP contribution is -2.31. The Bertz CT molecular complexity index is 879. The summed E-state index contributed by atoms with van der Waals surface area (Å²) in [6.07, 6.45) is 5.25. The van der Waals surface area contributed by atoms with Crippen molar-refractivity contribution in [2.45, 2.75) is 55.5 Å². The van der Waals surface area contributed by atoms with Crippen LogP contribution in [-0.4, -0.2) is 22.3 Å². The van der Waals surface area contributed by atoms with Crippen LogP contribution in [0.4, 0.5) is 0 Å². The van der Waals surface area contributed by atoms with Crippen LogP contribution in [0.2, 0.25) is 10.0 Å². The molecule has 1 aliphatic heterocycles. The fourth-order valence-corrected chi connectivity index (χ4v) is 5.01. The van der Waals surface area contributed by atoms with Crippen LogP contribution in [0.3, 0.4) is 0 Å². The summed E-state index contributed by atoms with van der Waals surface area (Å²) in [5.41, 5.74) is 3.30. The average Bonchev–Trinajstić information content (AvgIpc) is 3.30. The molecule has 2 heterocycles. The molecule has 0 spiro atoms. The number of aromatic nitrogens is 2. The zero-order valence-electron chi connectivity index (χ0n) is 14.3. The fraction of sp³-hybridized carbons (Fsp3) is 0.474. The van der Waals surface area contributed by atoms with E-state index in [2.05, 4.69) is 4.98 Å². The summed E-state index contributed by atoms with van der Waals surface area (Å²) < 4.78 is 7.56. The molecule has 0 amide bonds. The highest BCUT2D eigenvalue weighted by Gasteiger charge is 2.25. The lowest BCUT2D eigenvalue weighted by atomic mass is 10.2. The highest BCUT2D eigenvalue weighted by Crippen LogP contribution is 2.32. The van der Waals surface area contributed by atoms with Crippen LogP contribution in [0.15, 0.2) is 28.0 Å². The number of hydrogen-bond donors (Lipinski definition) is 0. The first-order valence-electron chi connectivity index (χ1n) is 8.93. The maximum atomic E-state index is 12.6. The zero-order valence-corrected chi connectivity index (χ0v) is 16.7. The van der Waals surface area contributed by atoms with E-state index in [0.29, 0.717) is 22.3 Å². The molecule has 4 nitrogen and oxygen atoms in total. The molecule has 4 rings (SSSR count). The third-order valence-corrected chi connectivity index (χ3v) is 6.80. The van der Waals surface area contributed by atoms with E-state index in [1.54, 1.807) is 17.8 Å². The van der Waals surface area contributed by atoms with Crippen LogP contribution in [0.25, 0.3) is 0 Å². The van der Waals surface area contributed by atoms with Crippen molar-refractivity contribution < 1.29 is 4.74 Å². The summed E-state index contributed by atoms with van der Waals surface area (Å²) in [7, 11) is 0. The number of hydrogen-bond acceptors (Lipinski definition) is 4. The van der Waals surface area contributed by atoms with Gasteiger partial charge in [-0.05, 0) is 49.8 Å². The van der Waals surface area contributed by atoms with Gasteiger partial charge >= 0.3 is 5.69 Å². The van der Waals surface area contributed by atoms with Crippen LogP contribution in [0.1, 0.15) is 36.1 Å². The molecule has 0 saturated carbocycles. The smallest absolute Gasteiger partial charge is 0.348 e. The largest absolute Gasteiger partial charge is 0.376 e. The third-order valence-electron chi connectivity index (χ3n) is 4.97. The van der Waals surface area contributed by atoms with E-state index in [1.807, 2.05) is 16.7 Å². The second kappa shape index (κ2) is 7.93. The lowest BCUT2D eigenvalue weighted by molar-refractivity contribution is 0.0950. The molecule has 1 fully saturated rings. The first-order chi connectivity index (χ1) is 12.6. The molecule has 138 valence electrons. The van der Waals surface area contributed by atoms with Gasteiger partial charge in [-0.2, -0.15) is 4.98 Å². The monoisotopic (exact) mass is 410 g/mol. The van der Waals surface area contributed by atoms with Gasteiger partial charge in [0.1, 0.15) is 5.03 Å². The minimum absolute atomic E-state index is 0.147. The Kier molecular flexibility index (Phi) is 5.60. The topological polar surface area (TPSA) is 44.1 Å². The van der Waals surface area contributed by atoms with Gasteiger partial charge in [0.15, 0.2) is 0 Å². The molecular formula is C19H20Cl2N2O2S. The van der Waals surface area contributed by atoms with Crippen LogP contribution in [0.5, 0.6) is 0 Å². The van der Waals surface area contributed by atoms with E-state index in [1.165, 1.54) is 5.56 Å². The van der Waals surface area contributed by atoms with Gasteiger partial charge in [-0.3, -0.25) is 4.57 Å². The van der Waals surface area contributed by atoms with E-state index in [9.17, 15) is 4.79 Å². The maximum absolute atomic E-state index is 12.6. The van der Waals surface area contributed by atoms with E-state index in [-0.39, 0.29) is 11.8 Å². The third kappa shape index (κ3) is 3.81. The maximum Gasteiger partial charge on any atom is 0.348 e. The van der Waals surface area contributed by atoms with Gasteiger partial charge in [0, 0.05) is 23.6 Å². The molecule has 26 heavy (non-hydrogen) atoms. The number of ether oxygens (including phenoxy) is 1. The van der Waals surface area contributed by atoms with Gasteiger partial charge in [0.05, 0.1) is 22.7 Å². The first kappa shape index (κ1) is 18.4. The van der Waals surface area contributed by atoms with Crippen LogP contribution >= 0.6 is 35.0 Å². The van der Waals surface area contributed by atoms with Crippen molar-refractivity contribution in [1.82, 2.24) is 9.55 Å². The normalized spacial score (nSPS) is 19.1. The van der Waals surface area contributed by atoms with Crippen molar-refractivity contribution in [2.75, 3.05) is 6.61 Å². The zero-order chi connectivity index (χ0) is 18.1. The molecule has 1 aliphatic carbocycles. The van der Waals surface area contributed by atoms with E-state index in [0.717, 1.165) is 55.0 Å². The number of fused-ring (bicyclic) bond motifs is 1. The number of rotatable bonds is 5. The van der Waals surface area contributed by atoms with Gasteiger partial charge in [0.2, 0.25) is 0 Å². The van der Waals surface area contributed by atoms with Crippen LogP contribution < -0.4 is 5.69 Å². The second-order valence-electron chi connectivity index (χ2n) is 6.76. The Morgan fingerprint density at radius 2 is 2.12 bits per heavy atom. The Morgan fingerprint density at radius 1 is 1.23 bits per heavy atom. The van der Waals surface area contributed by atoms with Crippen molar-refractivity contribution in [3.63, 3.8) is 0 Å². The molecular weight excluding hydrogens is 391 g/mol. The number of nitrogens with zero attached hydrogens (tertiary/aromatic N) is 2. The summed E-state index contributed by atoms with van der Waals surface area (Å²) in [5.74, 6) is 0.714. The molecule has 0 N–H and O–H groups in total. The Balaban J connectivity index is 1.57. The molecule has 2 aliphatic rings. The number of benzene rings is 1. The Morgan fingerprint density at radius 3 is 2.88 bits per heavy atom. The highest BCUT2D eigenvalue weighted by molar-refractivity contribution is 7.98. The molecule has 0 radical (unpaired) electrons. The van der Waals surface area contributed by atoms with Crippen molar-refractivity contribution >= 4 is 35.0 Å². The van der Waals surface area contributed by atoms with Crippen LogP contribution in [0, 0.1) is 0 Å². The molecule has 1 aromatic heterocycles. The van der Waals surface area contributed by atoms with Gasteiger partial charge in [-0.1, -0.05) is 29.3 Å². The van der Waals surface area contributed by atoms with Crippen molar-refractivity contribution in [1.29, 1.82) is 0 Å². The number of thioether (sulfide) groups is 1. The summed E-state index contributed by atoms with van der Waals surface area (Å²) >= 11 is 13.7. The van der Waals surface area contributed by atoms with Crippen molar-refractivity contribution in [2.24, 2.45) is 0 Å². The van der Waals surface area contributed by atoms with Gasteiger partial charge in [-0.15, -0.1) is 11.8 Å². The van der Waals surface area contributed by atoms with Gasteiger partial charge in [0.25, 0.3) is 0 Å². The van der Waals surface area contributed by atoms with Crippen molar-refractivity contribution in [3.05, 3.63) is 55.5 Å². The summed E-state index contributed by atoms with van der Waals surface area (Å²) in [4.78, 5) is 17.0. The summed E-state index contributed by atoms with van der Waals surface area (Å²) in [6.45, 7) is 1.43. The first-order valence-corrected chi connectivity index (χ1v) is 10.7. The standard InChI is InChI=1S/C19H20Cl2N2O2S/c20-15-7-6-12(9-16(15)21)11-26-18-14-4-1-5-17(14)23(19(24)22-18)10-13-3-2-8-25-13/h6-7,9,13H,1-5,8,10-11H2/t13-/m1/s1. The predicted octanol–water partition coefficient (Wildman–Crippen LogP) is 4.51. The number of halogens is 2. The lowest BCUT2D eigenvalue weighted by Gasteiger charge is -2.17. The second-order valence-corrected chi connectivity index (χ2v) is 8.54. The minimum atomic E-state index is -0.155. The van der Waals surface area contributed by atoms with E-state index >= 15 is 0 Å². The van der Waals surface area contributed by atoms with Gasteiger partial charge < -0.3 is 4.74 Å². The van der Waals surface area contributed by atoms with Crippen molar-refractivity contribution in [3.8, 4) is 0 Å². The molecule has 1 saturated heterocycles. The Labute approximate surface area is 166 Å². The Hall–Kier alpha value is -1.01. The molecule has 0 unspecified atom stereocenters. The quantitative estimate of drug-likeness (QED) is 0.537. The van der Waals surface area contributed by atoms with Gasteiger partial charge in [-0.25, -0.2) is 4.79 Å². The minimum Gasteiger partial charge on any atom is -0.376 e.